The van der Waals surface area contributed by atoms with Gasteiger partial charge in [0.15, 0.2) is 5.78 Å². The van der Waals surface area contributed by atoms with E-state index in [0.717, 1.165) is 54.0 Å². The lowest BCUT2D eigenvalue weighted by atomic mass is 9.82. The van der Waals surface area contributed by atoms with E-state index in [2.05, 4.69) is 16.8 Å². The van der Waals surface area contributed by atoms with Gasteiger partial charge in [-0.2, -0.15) is 0 Å². The van der Waals surface area contributed by atoms with E-state index in [1.807, 2.05) is 51.3 Å². The maximum absolute atomic E-state index is 13.7. The van der Waals surface area contributed by atoms with Crippen LogP contribution in [0.5, 0.6) is 5.88 Å². The number of aromatic amines is 1. The van der Waals surface area contributed by atoms with Crippen LogP contribution in [-0.2, 0) is 6.42 Å². The molecule has 0 bridgehead atoms. The molecule has 4 heterocycles. The number of aromatic nitrogens is 3. The first-order valence-electron chi connectivity index (χ1n) is 13.6. The third-order valence-electron chi connectivity index (χ3n) is 8.02. The number of hydrogen-bond donors (Lipinski definition) is 2. The van der Waals surface area contributed by atoms with E-state index in [1.54, 1.807) is 13.2 Å². The molecule has 0 amide bonds. The molecule has 4 rings (SSSR count). The Morgan fingerprint density at radius 3 is 2.53 bits per heavy atom. The van der Waals surface area contributed by atoms with Crippen LogP contribution in [0.3, 0.4) is 0 Å². The Kier molecular flexibility index (Phi) is 8.14. The number of methoxy groups -OCH3 is 1. The lowest BCUT2D eigenvalue weighted by Gasteiger charge is -2.37. The van der Waals surface area contributed by atoms with E-state index in [9.17, 15) is 14.7 Å². The standard InChI is InChI=1S/C30H42N4O4/c1-18-16-19(2)31-29(36)23(18)8-10-25(35)27-21(4)28(34-24(27)9-11-26(32-34)38-7)20(3)22-12-14-33(15-13-22)17-30(5,6)37/h9,11,16,20,22,37H,8,10,12-15,17H2,1-7H3,(H,31,36). The molecular weight excluding hydrogens is 480 g/mol. The van der Waals surface area contributed by atoms with Gasteiger partial charge in [0, 0.05) is 47.5 Å². The van der Waals surface area contributed by atoms with Crippen LogP contribution in [0.4, 0.5) is 0 Å². The van der Waals surface area contributed by atoms with Gasteiger partial charge in [0.1, 0.15) is 0 Å². The summed E-state index contributed by atoms with van der Waals surface area (Å²) in [5, 5.41) is 15.0. The fourth-order valence-corrected chi connectivity index (χ4v) is 6.19. The van der Waals surface area contributed by atoms with Crippen LogP contribution in [-0.4, -0.2) is 62.7 Å². The summed E-state index contributed by atoms with van der Waals surface area (Å²) in [6, 6.07) is 5.66. The largest absolute Gasteiger partial charge is 0.480 e. The minimum atomic E-state index is -0.704. The lowest BCUT2D eigenvalue weighted by molar-refractivity contribution is 0.0229. The number of nitrogens with one attached hydrogen (secondary N) is 1. The number of fused-ring (bicyclic) bond motifs is 1. The average Bonchev–Trinajstić information content (AvgIpc) is 3.13. The molecule has 1 atom stereocenters. The molecule has 38 heavy (non-hydrogen) atoms. The minimum Gasteiger partial charge on any atom is -0.480 e. The summed E-state index contributed by atoms with van der Waals surface area (Å²) in [7, 11) is 1.60. The number of rotatable bonds is 9. The van der Waals surface area contributed by atoms with Crippen LogP contribution in [0.1, 0.15) is 84.4 Å². The number of ether oxygens (including phenoxy) is 1. The second-order valence-electron chi connectivity index (χ2n) is 11.6. The summed E-state index contributed by atoms with van der Waals surface area (Å²) >= 11 is 0. The molecule has 0 aliphatic carbocycles. The van der Waals surface area contributed by atoms with Gasteiger partial charge in [-0.1, -0.05) is 6.92 Å². The van der Waals surface area contributed by atoms with Gasteiger partial charge in [0.25, 0.3) is 5.56 Å². The zero-order chi connectivity index (χ0) is 27.8. The van der Waals surface area contributed by atoms with Crippen molar-refractivity contribution >= 4 is 11.3 Å². The number of pyridine rings is 1. The van der Waals surface area contributed by atoms with Gasteiger partial charge < -0.3 is 19.7 Å². The SMILES string of the molecule is COc1ccc2c(C(=O)CCc3c(C)cc(C)[nH]c3=O)c(C)c(C(C)C3CCN(CC(C)(C)O)CC3)n2n1. The normalized spacial score (nSPS) is 16.2. The van der Waals surface area contributed by atoms with Crippen LogP contribution >= 0.6 is 0 Å². The van der Waals surface area contributed by atoms with Gasteiger partial charge in [0.2, 0.25) is 5.88 Å². The molecule has 1 aliphatic heterocycles. The van der Waals surface area contributed by atoms with E-state index >= 15 is 0 Å². The molecule has 1 unspecified atom stereocenters. The number of likely N-dealkylation sites (tertiary alicyclic amines) is 1. The Morgan fingerprint density at radius 2 is 1.92 bits per heavy atom. The van der Waals surface area contributed by atoms with Crippen molar-refractivity contribution < 1.29 is 14.6 Å². The summed E-state index contributed by atoms with van der Waals surface area (Å²) < 4.78 is 7.33. The summed E-state index contributed by atoms with van der Waals surface area (Å²) in [5.74, 6) is 1.15. The molecule has 3 aromatic rings. The Balaban J connectivity index is 1.63. The predicted octanol–water partition coefficient (Wildman–Crippen LogP) is 4.36. The van der Waals surface area contributed by atoms with Crippen molar-refractivity contribution in [1.82, 2.24) is 19.5 Å². The summed E-state index contributed by atoms with van der Waals surface area (Å²) in [5.41, 5.74) is 5.04. The van der Waals surface area contributed by atoms with Gasteiger partial charge in [-0.15, -0.1) is 5.10 Å². The molecule has 2 N–H and O–H groups in total. The summed E-state index contributed by atoms with van der Waals surface area (Å²) in [6.07, 6.45) is 2.69. The van der Waals surface area contributed by atoms with E-state index in [1.165, 1.54) is 0 Å². The number of piperidine rings is 1. The van der Waals surface area contributed by atoms with Crippen LogP contribution in [0.25, 0.3) is 5.52 Å². The second kappa shape index (κ2) is 11.0. The highest BCUT2D eigenvalue weighted by molar-refractivity contribution is 6.04. The zero-order valence-electron chi connectivity index (χ0n) is 23.9. The van der Waals surface area contributed by atoms with E-state index in [0.29, 0.717) is 35.9 Å². The van der Waals surface area contributed by atoms with Crippen LogP contribution in [0.15, 0.2) is 23.0 Å². The number of β-amino-alcohol motifs (C(OH)–C–C–N with tert-alkyl or cyclic N) is 1. The Morgan fingerprint density at radius 1 is 1.24 bits per heavy atom. The molecule has 0 aromatic carbocycles. The summed E-state index contributed by atoms with van der Waals surface area (Å²) in [4.78, 5) is 31.4. The molecule has 3 aromatic heterocycles. The van der Waals surface area contributed by atoms with Gasteiger partial charge in [0.05, 0.1) is 18.2 Å². The molecule has 1 saturated heterocycles. The maximum atomic E-state index is 13.7. The number of hydrogen-bond acceptors (Lipinski definition) is 6. The number of H-pyrrole nitrogens is 1. The molecule has 1 aliphatic rings. The maximum Gasteiger partial charge on any atom is 0.251 e. The first-order chi connectivity index (χ1) is 17.9. The number of nitrogens with zero attached hydrogens (tertiary/aromatic N) is 3. The zero-order valence-corrected chi connectivity index (χ0v) is 23.9. The smallest absolute Gasteiger partial charge is 0.251 e. The number of carbonyl (C=O) groups is 1. The number of aliphatic hydroxyl groups is 1. The second-order valence-corrected chi connectivity index (χ2v) is 11.6. The van der Waals surface area contributed by atoms with Gasteiger partial charge in [-0.3, -0.25) is 9.59 Å². The van der Waals surface area contributed by atoms with Gasteiger partial charge in [-0.05, 0) is 96.1 Å². The Bertz CT molecular complexity index is 1370. The average molecular weight is 523 g/mol. The van der Waals surface area contributed by atoms with Crippen LogP contribution < -0.4 is 10.3 Å². The predicted molar refractivity (Wildman–Crippen MR) is 150 cm³/mol. The number of aryl methyl sites for hydroxylation is 2. The lowest BCUT2D eigenvalue weighted by Crippen LogP contribution is -2.43. The fraction of sp³-hybridized carbons (Fsp3) is 0.567. The highest BCUT2D eigenvalue weighted by Crippen LogP contribution is 2.38. The van der Waals surface area contributed by atoms with Crippen molar-refractivity contribution in [1.29, 1.82) is 0 Å². The van der Waals surface area contributed by atoms with Crippen molar-refractivity contribution in [2.45, 2.75) is 78.7 Å². The van der Waals surface area contributed by atoms with E-state index in [-0.39, 0.29) is 23.7 Å². The first-order valence-corrected chi connectivity index (χ1v) is 13.6. The molecule has 1 fully saturated rings. The molecule has 206 valence electrons. The van der Waals surface area contributed by atoms with Crippen LogP contribution in [0.2, 0.25) is 0 Å². The van der Waals surface area contributed by atoms with E-state index in [4.69, 9.17) is 9.84 Å². The van der Waals surface area contributed by atoms with Gasteiger partial charge in [-0.25, -0.2) is 4.52 Å². The third kappa shape index (κ3) is 5.86. The van der Waals surface area contributed by atoms with Crippen molar-refractivity contribution in [3.05, 3.63) is 62.2 Å². The first kappa shape index (κ1) is 28.0. The highest BCUT2D eigenvalue weighted by atomic mass is 16.5. The van der Waals surface area contributed by atoms with Crippen molar-refractivity contribution in [3.63, 3.8) is 0 Å². The quantitative estimate of drug-likeness (QED) is 0.405. The molecule has 8 heteroatoms. The molecule has 0 radical (unpaired) electrons. The molecular formula is C30H42N4O4. The highest BCUT2D eigenvalue weighted by Gasteiger charge is 2.32. The van der Waals surface area contributed by atoms with E-state index < -0.39 is 5.60 Å². The monoisotopic (exact) mass is 522 g/mol. The number of Topliss-reactive ketones (excluding diaryl/α,β-unsaturated/α-hetero) is 1. The Labute approximate surface area is 225 Å². The van der Waals surface area contributed by atoms with Crippen molar-refractivity contribution in [3.8, 4) is 5.88 Å². The van der Waals surface area contributed by atoms with Gasteiger partial charge >= 0.3 is 0 Å². The van der Waals surface area contributed by atoms with Crippen molar-refractivity contribution in [2.75, 3.05) is 26.7 Å². The van der Waals surface area contributed by atoms with Crippen molar-refractivity contribution in [2.24, 2.45) is 5.92 Å². The van der Waals surface area contributed by atoms with Crippen LogP contribution in [0, 0.1) is 26.7 Å². The molecule has 8 nitrogen and oxygen atoms in total. The number of ketones is 1. The molecule has 0 spiro atoms. The topological polar surface area (TPSA) is 99.9 Å². The third-order valence-corrected chi connectivity index (χ3v) is 8.02. The number of carbonyl (C=O) groups excluding carboxylic acids is 1. The summed E-state index contributed by atoms with van der Waals surface area (Å²) in [6.45, 7) is 14.3. The molecule has 0 saturated carbocycles. The Hall–Kier alpha value is -2.97. The minimum absolute atomic E-state index is 0.0183. The fourth-order valence-electron chi connectivity index (χ4n) is 6.19.